The van der Waals surface area contributed by atoms with E-state index in [9.17, 15) is 19.7 Å². The Labute approximate surface area is 169 Å². The molecule has 0 unspecified atom stereocenters. The molecule has 2 N–H and O–H groups in total. The second kappa shape index (κ2) is 8.48. The number of carbonyl (C=O) groups excluding carboxylic acids is 1. The van der Waals surface area contributed by atoms with Crippen LogP contribution in [-0.4, -0.2) is 22.5 Å². The Hall–Kier alpha value is -3.79. The van der Waals surface area contributed by atoms with Crippen LogP contribution in [0.3, 0.4) is 0 Å². The zero-order valence-electron chi connectivity index (χ0n) is 15.1. The molecule has 1 aromatic heterocycles. The first-order chi connectivity index (χ1) is 13.9. The highest BCUT2D eigenvalue weighted by molar-refractivity contribution is 7.80. The van der Waals surface area contributed by atoms with Crippen molar-refractivity contribution in [1.29, 1.82) is 0 Å². The summed E-state index contributed by atoms with van der Waals surface area (Å²) in [6.45, 7) is 1.96. The fourth-order valence-electron chi connectivity index (χ4n) is 2.57. The van der Waals surface area contributed by atoms with Gasteiger partial charge < -0.3 is 14.5 Å². The summed E-state index contributed by atoms with van der Waals surface area (Å²) in [4.78, 5) is 34.2. The van der Waals surface area contributed by atoms with Crippen LogP contribution < -0.4 is 21.0 Å². The number of ether oxygens (including phenoxy) is 1. The molecule has 10 heteroatoms. The Kier molecular flexibility index (Phi) is 5.84. The number of benzene rings is 2. The number of nitrogens with zero attached hydrogens (tertiary/aromatic N) is 1. The summed E-state index contributed by atoms with van der Waals surface area (Å²) in [6, 6.07) is 11.7. The van der Waals surface area contributed by atoms with Crippen LogP contribution >= 0.6 is 12.2 Å². The van der Waals surface area contributed by atoms with Crippen LogP contribution in [0.2, 0.25) is 0 Å². The van der Waals surface area contributed by atoms with Gasteiger partial charge in [-0.3, -0.25) is 20.2 Å². The average Bonchev–Trinajstić information content (AvgIpc) is 2.68. The van der Waals surface area contributed by atoms with Gasteiger partial charge in [0.2, 0.25) is 0 Å². The Morgan fingerprint density at radius 3 is 2.72 bits per heavy atom. The Morgan fingerprint density at radius 1 is 1.21 bits per heavy atom. The zero-order valence-corrected chi connectivity index (χ0v) is 15.9. The minimum atomic E-state index is -0.619. The van der Waals surface area contributed by atoms with Gasteiger partial charge in [-0.05, 0) is 55.5 Å². The molecule has 0 aliphatic carbocycles. The molecule has 0 aliphatic rings. The second-order valence-electron chi connectivity index (χ2n) is 5.79. The van der Waals surface area contributed by atoms with Crippen molar-refractivity contribution in [3.63, 3.8) is 0 Å². The van der Waals surface area contributed by atoms with Crippen LogP contribution in [0.5, 0.6) is 5.75 Å². The van der Waals surface area contributed by atoms with Gasteiger partial charge in [-0.1, -0.05) is 0 Å². The summed E-state index contributed by atoms with van der Waals surface area (Å²) >= 11 is 5.13. The molecule has 3 rings (SSSR count). The van der Waals surface area contributed by atoms with E-state index < -0.39 is 16.5 Å². The molecule has 1 amide bonds. The largest absolute Gasteiger partial charge is 0.487 e. The van der Waals surface area contributed by atoms with E-state index in [-0.39, 0.29) is 28.7 Å². The fourth-order valence-corrected chi connectivity index (χ4v) is 2.78. The number of carbonyl (C=O) groups is 1. The first-order valence-corrected chi connectivity index (χ1v) is 8.85. The second-order valence-corrected chi connectivity index (χ2v) is 6.20. The number of hydrogen-bond acceptors (Lipinski definition) is 7. The molecule has 0 spiro atoms. The van der Waals surface area contributed by atoms with Crippen molar-refractivity contribution < 1.29 is 18.9 Å². The lowest BCUT2D eigenvalue weighted by Gasteiger charge is -2.11. The van der Waals surface area contributed by atoms with Crippen molar-refractivity contribution in [3.05, 3.63) is 74.6 Å². The van der Waals surface area contributed by atoms with E-state index in [2.05, 4.69) is 10.6 Å². The van der Waals surface area contributed by atoms with E-state index in [1.165, 1.54) is 18.2 Å². The third-order valence-electron chi connectivity index (χ3n) is 3.82. The number of nitro groups is 1. The van der Waals surface area contributed by atoms with Gasteiger partial charge in [-0.25, -0.2) is 4.79 Å². The number of nitrogens with one attached hydrogen (secondary N) is 2. The van der Waals surface area contributed by atoms with Crippen LogP contribution in [0.15, 0.2) is 57.7 Å². The van der Waals surface area contributed by atoms with Gasteiger partial charge in [0, 0.05) is 28.8 Å². The van der Waals surface area contributed by atoms with Crippen LogP contribution in [-0.2, 0) is 0 Å². The van der Waals surface area contributed by atoms with Gasteiger partial charge in [-0.2, -0.15) is 0 Å². The van der Waals surface area contributed by atoms with Crippen molar-refractivity contribution in [2.45, 2.75) is 6.92 Å². The third kappa shape index (κ3) is 4.74. The molecule has 0 saturated heterocycles. The maximum atomic E-state index is 12.4. The van der Waals surface area contributed by atoms with E-state index in [1.54, 1.807) is 31.2 Å². The van der Waals surface area contributed by atoms with Gasteiger partial charge in [0.15, 0.2) is 10.9 Å². The van der Waals surface area contributed by atoms with E-state index in [4.69, 9.17) is 21.4 Å². The normalized spacial score (nSPS) is 10.4. The van der Waals surface area contributed by atoms with Gasteiger partial charge in [0.05, 0.1) is 11.5 Å². The quantitative estimate of drug-likeness (QED) is 0.283. The fraction of sp³-hybridized carbons (Fsp3) is 0.105. The van der Waals surface area contributed by atoms with Crippen LogP contribution in [0.25, 0.3) is 11.0 Å². The number of fused-ring (bicyclic) bond motifs is 1. The van der Waals surface area contributed by atoms with Crippen molar-refractivity contribution in [2.75, 3.05) is 11.9 Å². The van der Waals surface area contributed by atoms with E-state index in [0.717, 1.165) is 6.07 Å². The minimum absolute atomic E-state index is 0.00303. The summed E-state index contributed by atoms with van der Waals surface area (Å²) in [5.41, 5.74) is 0.276. The van der Waals surface area contributed by atoms with Crippen molar-refractivity contribution in [1.82, 2.24) is 5.32 Å². The first kappa shape index (κ1) is 20.0. The predicted octanol–water partition coefficient (Wildman–Crippen LogP) is 3.23. The van der Waals surface area contributed by atoms with Crippen molar-refractivity contribution in [2.24, 2.45) is 0 Å². The molecule has 148 valence electrons. The van der Waals surface area contributed by atoms with Gasteiger partial charge in [0.1, 0.15) is 5.58 Å². The minimum Gasteiger partial charge on any atom is -0.487 e. The lowest BCUT2D eigenvalue weighted by Crippen LogP contribution is -2.34. The third-order valence-corrected chi connectivity index (χ3v) is 4.03. The summed E-state index contributed by atoms with van der Waals surface area (Å²) in [7, 11) is 0. The molecule has 0 saturated carbocycles. The number of nitro benzene ring substituents is 1. The van der Waals surface area contributed by atoms with Crippen LogP contribution in [0.4, 0.5) is 11.4 Å². The van der Waals surface area contributed by atoms with E-state index in [0.29, 0.717) is 16.7 Å². The lowest BCUT2D eigenvalue weighted by atomic mass is 10.1. The zero-order chi connectivity index (χ0) is 21.0. The highest BCUT2D eigenvalue weighted by Crippen LogP contribution is 2.28. The van der Waals surface area contributed by atoms with Crippen LogP contribution in [0.1, 0.15) is 17.3 Å². The Bertz CT molecular complexity index is 1170. The summed E-state index contributed by atoms with van der Waals surface area (Å²) < 4.78 is 10.2. The standard InChI is InChI=1S/C19H15N3O6S/c1-2-27-16-6-3-12(10-14(16)22(25)26)18(24)21-19(29)20-13-5-7-15-11(9-13)4-8-17(23)28-15/h3-10H,2H2,1H3,(H2,20,21,24,29). The molecule has 0 bridgehead atoms. The van der Waals surface area contributed by atoms with Gasteiger partial charge in [-0.15, -0.1) is 0 Å². The number of hydrogen-bond donors (Lipinski definition) is 2. The molecule has 29 heavy (non-hydrogen) atoms. The predicted molar refractivity (Wildman–Crippen MR) is 110 cm³/mol. The molecule has 0 atom stereocenters. The lowest BCUT2D eigenvalue weighted by molar-refractivity contribution is -0.385. The average molecular weight is 413 g/mol. The number of rotatable bonds is 5. The molecular formula is C19H15N3O6S. The highest BCUT2D eigenvalue weighted by Gasteiger charge is 2.19. The van der Waals surface area contributed by atoms with E-state index >= 15 is 0 Å². The number of anilines is 1. The summed E-state index contributed by atoms with van der Waals surface area (Å²) in [5, 5.41) is 17.2. The summed E-state index contributed by atoms with van der Waals surface area (Å²) in [5.74, 6) is -0.530. The molecule has 2 aromatic carbocycles. The van der Waals surface area contributed by atoms with Gasteiger partial charge in [0.25, 0.3) is 5.91 Å². The van der Waals surface area contributed by atoms with E-state index in [1.807, 2.05) is 0 Å². The maximum Gasteiger partial charge on any atom is 0.336 e. The molecule has 9 nitrogen and oxygen atoms in total. The Morgan fingerprint density at radius 2 is 2.00 bits per heavy atom. The topological polar surface area (TPSA) is 124 Å². The maximum absolute atomic E-state index is 12.4. The molecule has 0 aliphatic heterocycles. The van der Waals surface area contributed by atoms with Crippen molar-refractivity contribution in [3.8, 4) is 5.75 Å². The smallest absolute Gasteiger partial charge is 0.336 e. The molecule has 0 fully saturated rings. The Balaban J connectivity index is 1.73. The summed E-state index contributed by atoms with van der Waals surface area (Å²) in [6.07, 6.45) is 0. The SMILES string of the molecule is CCOc1ccc(C(=O)NC(=S)Nc2ccc3oc(=O)ccc3c2)cc1[N+](=O)[O-]. The number of thiocarbonyl (C=S) groups is 1. The molecule has 0 radical (unpaired) electrons. The van der Waals surface area contributed by atoms with Crippen LogP contribution in [0, 0.1) is 10.1 Å². The molecular weight excluding hydrogens is 398 g/mol. The highest BCUT2D eigenvalue weighted by atomic mass is 32.1. The monoisotopic (exact) mass is 413 g/mol. The molecule has 1 heterocycles. The molecule has 3 aromatic rings. The van der Waals surface area contributed by atoms with Crippen molar-refractivity contribution >= 4 is 45.6 Å². The van der Waals surface area contributed by atoms with Gasteiger partial charge >= 0.3 is 11.3 Å². The first-order valence-electron chi connectivity index (χ1n) is 8.45. The number of amides is 1.